The molecule has 0 radical (unpaired) electrons. The average Bonchev–Trinajstić information content (AvgIpc) is 2.36. The third-order valence-corrected chi connectivity index (χ3v) is 2.20. The molecule has 1 aromatic rings. The summed E-state index contributed by atoms with van der Waals surface area (Å²) in [5.41, 5.74) is 0.452. The van der Waals surface area contributed by atoms with Gasteiger partial charge in [-0.25, -0.2) is 4.79 Å². The van der Waals surface area contributed by atoms with Crippen LogP contribution in [0.2, 0.25) is 0 Å². The van der Waals surface area contributed by atoms with E-state index in [-0.39, 0.29) is 23.2 Å². The van der Waals surface area contributed by atoms with Gasteiger partial charge in [-0.15, -0.1) is 0 Å². The monoisotopic (exact) mass is 261 g/mol. The summed E-state index contributed by atoms with van der Waals surface area (Å²) in [6, 6.07) is 6.31. The van der Waals surface area contributed by atoms with Crippen LogP contribution in [0.5, 0.6) is 11.5 Å². The van der Waals surface area contributed by atoms with Crippen molar-refractivity contribution < 1.29 is 19.4 Å². The predicted octanol–water partition coefficient (Wildman–Crippen LogP) is 2.26. The maximum Gasteiger partial charge on any atom is 0.349 e. The van der Waals surface area contributed by atoms with Gasteiger partial charge in [-0.2, -0.15) is 5.26 Å². The van der Waals surface area contributed by atoms with E-state index in [0.29, 0.717) is 5.56 Å². The Bertz CT molecular complexity index is 541. The first-order valence-electron chi connectivity index (χ1n) is 5.67. The lowest BCUT2D eigenvalue weighted by Gasteiger charge is -2.07. The first-order valence-corrected chi connectivity index (χ1v) is 5.67. The number of benzene rings is 1. The summed E-state index contributed by atoms with van der Waals surface area (Å²) in [4.78, 5) is 11.6. The van der Waals surface area contributed by atoms with E-state index < -0.39 is 5.97 Å². The normalized spacial score (nSPS) is 11.0. The second-order valence-electron chi connectivity index (χ2n) is 4.06. The number of esters is 1. The lowest BCUT2D eigenvalue weighted by Crippen LogP contribution is -2.12. The van der Waals surface area contributed by atoms with Crippen LogP contribution < -0.4 is 4.74 Å². The van der Waals surface area contributed by atoms with Crippen LogP contribution in [-0.4, -0.2) is 24.3 Å². The Morgan fingerprint density at radius 3 is 2.68 bits per heavy atom. The number of ether oxygens (including phenoxy) is 2. The summed E-state index contributed by atoms with van der Waals surface area (Å²) in [6.45, 7) is 3.41. The van der Waals surface area contributed by atoms with Crippen molar-refractivity contribution >= 4 is 12.0 Å². The Kier molecular flexibility index (Phi) is 4.95. The van der Waals surface area contributed by atoms with Crippen molar-refractivity contribution in [3.05, 3.63) is 29.3 Å². The molecular formula is C14H15NO4. The summed E-state index contributed by atoms with van der Waals surface area (Å²) in [5, 5.41) is 18.4. The minimum atomic E-state index is -0.676. The van der Waals surface area contributed by atoms with E-state index in [2.05, 4.69) is 0 Å². The van der Waals surface area contributed by atoms with E-state index in [1.54, 1.807) is 26.0 Å². The van der Waals surface area contributed by atoms with Gasteiger partial charge in [0.05, 0.1) is 13.2 Å². The van der Waals surface area contributed by atoms with Crippen LogP contribution in [-0.2, 0) is 9.53 Å². The zero-order chi connectivity index (χ0) is 14.4. The molecule has 0 aliphatic heterocycles. The van der Waals surface area contributed by atoms with Gasteiger partial charge in [0.25, 0.3) is 0 Å². The van der Waals surface area contributed by atoms with E-state index in [9.17, 15) is 9.90 Å². The lowest BCUT2D eigenvalue weighted by atomic mass is 10.1. The van der Waals surface area contributed by atoms with E-state index in [0.717, 1.165) is 0 Å². The maximum absolute atomic E-state index is 11.6. The summed E-state index contributed by atoms with van der Waals surface area (Å²) in [6.07, 6.45) is 1.09. The van der Waals surface area contributed by atoms with E-state index >= 15 is 0 Å². The SMILES string of the molecule is COc1cc(C=C(C#N)C(=O)OC(C)C)ccc1O. The molecule has 1 N–H and O–H groups in total. The molecule has 0 aromatic heterocycles. The highest BCUT2D eigenvalue weighted by atomic mass is 16.5. The maximum atomic E-state index is 11.6. The van der Waals surface area contributed by atoms with Gasteiger partial charge in [0, 0.05) is 0 Å². The second kappa shape index (κ2) is 6.45. The first-order chi connectivity index (χ1) is 8.97. The standard InChI is InChI=1S/C14H15NO4/c1-9(2)19-14(17)11(8-15)6-10-4-5-12(16)13(7-10)18-3/h4-7,9,16H,1-3H3. The van der Waals surface area contributed by atoms with Gasteiger partial charge in [-0.1, -0.05) is 6.07 Å². The van der Waals surface area contributed by atoms with Crippen LogP contribution in [0.15, 0.2) is 23.8 Å². The third kappa shape index (κ3) is 4.03. The van der Waals surface area contributed by atoms with Crippen LogP contribution >= 0.6 is 0 Å². The molecule has 100 valence electrons. The Balaban J connectivity index is 3.05. The second-order valence-corrected chi connectivity index (χ2v) is 4.06. The molecule has 0 spiro atoms. The van der Waals surface area contributed by atoms with E-state index in [4.69, 9.17) is 14.7 Å². The number of methoxy groups -OCH3 is 1. The molecule has 0 saturated carbocycles. The van der Waals surface area contributed by atoms with Gasteiger partial charge in [0.15, 0.2) is 11.5 Å². The van der Waals surface area contributed by atoms with Gasteiger partial charge < -0.3 is 14.6 Å². The van der Waals surface area contributed by atoms with Gasteiger partial charge >= 0.3 is 5.97 Å². The number of phenolic OH excluding ortho intramolecular Hbond substituents is 1. The van der Waals surface area contributed by atoms with Crippen LogP contribution in [0.3, 0.4) is 0 Å². The van der Waals surface area contributed by atoms with Crippen LogP contribution in [0.4, 0.5) is 0 Å². The van der Waals surface area contributed by atoms with E-state index in [1.165, 1.54) is 25.3 Å². The summed E-state index contributed by atoms with van der Waals surface area (Å²) in [7, 11) is 1.42. The highest BCUT2D eigenvalue weighted by molar-refractivity contribution is 5.98. The smallest absolute Gasteiger partial charge is 0.349 e. The number of rotatable bonds is 4. The quantitative estimate of drug-likeness (QED) is 0.511. The largest absolute Gasteiger partial charge is 0.504 e. The number of nitriles is 1. The van der Waals surface area contributed by atoms with Crippen molar-refractivity contribution in [2.24, 2.45) is 0 Å². The zero-order valence-corrected chi connectivity index (χ0v) is 11.0. The first kappa shape index (κ1) is 14.6. The number of phenols is 1. The van der Waals surface area contributed by atoms with Crippen molar-refractivity contribution in [1.29, 1.82) is 5.26 Å². The lowest BCUT2D eigenvalue weighted by molar-refractivity contribution is -0.142. The fourth-order valence-corrected chi connectivity index (χ4v) is 1.37. The highest BCUT2D eigenvalue weighted by Gasteiger charge is 2.12. The number of carbonyl (C=O) groups is 1. The molecule has 0 unspecified atom stereocenters. The number of aromatic hydroxyl groups is 1. The van der Waals surface area contributed by atoms with Gasteiger partial charge in [0.2, 0.25) is 0 Å². The average molecular weight is 261 g/mol. The molecule has 0 amide bonds. The van der Waals surface area contributed by atoms with E-state index in [1.807, 2.05) is 0 Å². The summed E-state index contributed by atoms with van der Waals surface area (Å²) in [5.74, 6) is -0.421. The van der Waals surface area contributed by atoms with Crippen molar-refractivity contribution in [3.63, 3.8) is 0 Å². The van der Waals surface area contributed by atoms with Crippen molar-refractivity contribution in [2.75, 3.05) is 7.11 Å². The molecule has 0 aliphatic rings. The fraction of sp³-hybridized carbons (Fsp3) is 0.286. The van der Waals surface area contributed by atoms with Gasteiger partial charge in [-0.05, 0) is 37.6 Å². The van der Waals surface area contributed by atoms with Crippen molar-refractivity contribution in [3.8, 4) is 17.6 Å². The summed E-state index contributed by atoms with van der Waals surface area (Å²) >= 11 is 0. The number of nitrogens with zero attached hydrogens (tertiary/aromatic N) is 1. The van der Waals surface area contributed by atoms with Crippen LogP contribution in [0, 0.1) is 11.3 Å². The third-order valence-electron chi connectivity index (χ3n) is 2.20. The topological polar surface area (TPSA) is 79.5 Å². The Morgan fingerprint density at radius 2 is 2.16 bits per heavy atom. The Labute approximate surface area is 111 Å². The molecule has 0 bridgehead atoms. The molecular weight excluding hydrogens is 246 g/mol. The minimum Gasteiger partial charge on any atom is -0.504 e. The molecule has 0 aliphatic carbocycles. The fourth-order valence-electron chi connectivity index (χ4n) is 1.37. The zero-order valence-electron chi connectivity index (χ0n) is 11.0. The summed E-state index contributed by atoms with van der Waals surface area (Å²) < 4.78 is 9.89. The Hall–Kier alpha value is -2.48. The van der Waals surface area contributed by atoms with Crippen molar-refractivity contribution in [2.45, 2.75) is 20.0 Å². The molecule has 19 heavy (non-hydrogen) atoms. The highest BCUT2D eigenvalue weighted by Crippen LogP contribution is 2.27. The van der Waals surface area contributed by atoms with Crippen LogP contribution in [0.1, 0.15) is 19.4 Å². The van der Waals surface area contributed by atoms with Crippen molar-refractivity contribution in [1.82, 2.24) is 0 Å². The number of carbonyl (C=O) groups excluding carboxylic acids is 1. The van der Waals surface area contributed by atoms with Gasteiger partial charge in [0.1, 0.15) is 11.6 Å². The molecule has 0 saturated heterocycles. The number of hydrogen-bond donors (Lipinski definition) is 1. The minimum absolute atomic E-state index is 0.0112. The number of hydrogen-bond acceptors (Lipinski definition) is 5. The van der Waals surface area contributed by atoms with Crippen LogP contribution in [0.25, 0.3) is 6.08 Å². The molecule has 0 fully saturated rings. The molecule has 0 atom stereocenters. The molecule has 5 heteroatoms. The molecule has 5 nitrogen and oxygen atoms in total. The predicted molar refractivity (Wildman–Crippen MR) is 69.5 cm³/mol. The molecule has 1 rings (SSSR count). The molecule has 1 aromatic carbocycles. The molecule has 0 heterocycles. The Morgan fingerprint density at radius 1 is 1.47 bits per heavy atom. The van der Waals surface area contributed by atoms with Gasteiger partial charge in [-0.3, -0.25) is 0 Å².